The van der Waals surface area contributed by atoms with Crippen molar-refractivity contribution in [1.82, 2.24) is 15.0 Å². The molecule has 0 N–H and O–H groups in total. The zero-order valence-electron chi connectivity index (χ0n) is 33.9. The van der Waals surface area contributed by atoms with E-state index in [2.05, 4.69) is 42.5 Å². The van der Waals surface area contributed by atoms with E-state index in [1.807, 2.05) is 42.5 Å². The zero-order valence-corrected chi connectivity index (χ0v) is 33.9. The highest BCUT2D eigenvalue weighted by Crippen LogP contribution is 2.35. The Hall–Kier alpha value is -5.81. The van der Waals surface area contributed by atoms with Crippen LogP contribution < -0.4 is 71.0 Å². The van der Waals surface area contributed by atoms with Gasteiger partial charge < -0.3 is 4.42 Å². The summed E-state index contributed by atoms with van der Waals surface area (Å²) in [7, 11) is 84.5. The first-order valence-corrected chi connectivity index (χ1v) is 19.5. The van der Waals surface area contributed by atoms with Crippen molar-refractivity contribution in [1.29, 1.82) is 0 Å². The number of fused-ring (bicyclic) bond motifs is 3. The SMILES string of the molecule is [B]c1c([B])c([B])c(-c2nc(-c3ccc4c(c3)oc3ccc(-c5ccc(-c6ccccc6)cc5)cc34)nc(-c3c([B])c([B])c(-c4c([B])c([B])c(C)c([B])c4[B])c([B])c3[B])n2)c([B])c1[B]. The third-order valence-corrected chi connectivity index (χ3v) is 11.7. The lowest BCUT2D eigenvalue weighted by atomic mass is 9.58. The molecule has 4 nitrogen and oxygen atoms in total. The molecule has 0 saturated heterocycles. The molecule has 7 aromatic carbocycles. The fourth-order valence-electron chi connectivity index (χ4n) is 7.97. The van der Waals surface area contributed by atoms with Gasteiger partial charge in [-0.15, -0.1) is 27.3 Å². The topological polar surface area (TPSA) is 51.8 Å². The Balaban J connectivity index is 1.21. The average Bonchev–Trinajstić information content (AvgIpc) is 3.67. The molecule has 9 aromatic rings. The standard InChI is InChI=1S/C46H18B13N3O/c1-17-31(47)33(49)27(34(50)32(17)48)28-35(51)37(53)29(38(54)36(28)52)45-60-44(61-46(62-45)30-39(55)41(57)43(59)42(58)40(30)56)22-11-13-23-24-15-21(12-14-25(24)63-26(23)16-22)20-9-7-19(8-10-20)18-5-3-2-4-6-18/h2-16H,1H3. The van der Waals surface area contributed by atoms with Gasteiger partial charge in [0, 0.05) is 27.5 Å². The molecule has 262 valence electrons. The van der Waals surface area contributed by atoms with Crippen molar-refractivity contribution in [2.75, 3.05) is 0 Å². The number of hydrogen-bond donors (Lipinski definition) is 0. The maximum atomic E-state index is 6.81. The fourth-order valence-corrected chi connectivity index (χ4v) is 7.97. The second kappa shape index (κ2) is 16.1. The van der Waals surface area contributed by atoms with Gasteiger partial charge >= 0.3 is 0 Å². The van der Waals surface area contributed by atoms with Crippen LogP contribution in [-0.2, 0) is 0 Å². The third kappa shape index (κ3) is 6.94. The summed E-state index contributed by atoms with van der Waals surface area (Å²) in [6.45, 7) is 1.69. The minimum atomic E-state index is -0.0631. The van der Waals surface area contributed by atoms with E-state index in [1.165, 1.54) is 0 Å². The summed E-state index contributed by atoms with van der Waals surface area (Å²) in [4.78, 5) is 14.4. The first kappa shape index (κ1) is 42.5. The van der Waals surface area contributed by atoms with Crippen LogP contribution in [0.4, 0.5) is 0 Å². The molecule has 0 aliphatic rings. The Labute approximate surface area is 383 Å². The fraction of sp³-hybridized carbons (Fsp3) is 0.0217. The molecule has 0 atom stereocenters. The quantitative estimate of drug-likeness (QED) is 0.165. The van der Waals surface area contributed by atoms with Gasteiger partial charge in [-0.2, -0.15) is 0 Å². The molecule has 0 fully saturated rings. The number of hydrogen-bond acceptors (Lipinski definition) is 4. The summed E-state index contributed by atoms with van der Waals surface area (Å²) >= 11 is 0. The maximum absolute atomic E-state index is 6.81. The molecule has 0 spiro atoms. The molecule has 26 radical (unpaired) electrons. The van der Waals surface area contributed by atoms with E-state index in [-0.39, 0.29) is 111 Å². The normalized spacial score (nSPS) is 11.4. The molecular weight excluding hydrogens is 751 g/mol. The Morgan fingerprint density at radius 2 is 0.714 bits per heavy atom. The largest absolute Gasteiger partial charge is 0.456 e. The van der Waals surface area contributed by atoms with Gasteiger partial charge in [0.1, 0.15) is 113 Å². The van der Waals surface area contributed by atoms with Crippen molar-refractivity contribution < 1.29 is 4.42 Å². The Kier molecular flexibility index (Phi) is 10.8. The summed E-state index contributed by atoms with van der Waals surface area (Å²) in [5.74, 6) is 0.0414. The van der Waals surface area contributed by atoms with Gasteiger partial charge in [0.05, 0.1) is 0 Å². The molecule has 0 aliphatic carbocycles. The molecule has 17 heteroatoms. The number of furan rings is 1. The minimum absolute atomic E-state index is 0.00602. The highest BCUT2D eigenvalue weighted by atomic mass is 16.3. The summed E-state index contributed by atoms with van der Waals surface area (Å²) in [5.41, 5.74) is 7.36. The summed E-state index contributed by atoms with van der Waals surface area (Å²) < 4.78 is 6.39. The van der Waals surface area contributed by atoms with E-state index in [0.717, 1.165) is 33.0 Å². The lowest BCUT2D eigenvalue weighted by molar-refractivity contribution is 0.669. The average molecular weight is 769 g/mol. The van der Waals surface area contributed by atoms with Crippen molar-refractivity contribution in [3.05, 3.63) is 96.6 Å². The van der Waals surface area contributed by atoms with Crippen LogP contribution in [-0.4, -0.2) is 117 Å². The minimum Gasteiger partial charge on any atom is -0.456 e. The number of nitrogens with zero attached hydrogens (tertiary/aromatic N) is 3. The maximum Gasteiger partial charge on any atom is 0.164 e. The van der Waals surface area contributed by atoms with Crippen LogP contribution in [0.3, 0.4) is 0 Å². The van der Waals surface area contributed by atoms with Crippen LogP contribution in [0.1, 0.15) is 5.56 Å². The molecule has 0 saturated carbocycles. The van der Waals surface area contributed by atoms with Crippen LogP contribution in [0, 0.1) is 6.92 Å². The summed E-state index contributed by atoms with van der Waals surface area (Å²) in [6, 6.07) is 30.3. The van der Waals surface area contributed by atoms with Crippen LogP contribution in [0.5, 0.6) is 0 Å². The molecule has 0 bridgehead atoms. The van der Waals surface area contributed by atoms with Crippen molar-refractivity contribution in [2.24, 2.45) is 0 Å². The van der Waals surface area contributed by atoms with E-state index in [0.29, 0.717) is 22.3 Å². The first-order chi connectivity index (χ1) is 30.1. The molecule has 9 rings (SSSR count). The number of aromatic nitrogens is 3. The van der Waals surface area contributed by atoms with E-state index >= 15 is 0 Å². The first-order valence-electron chi connectivity index (χ1n) is 19.5. The molecule has 63 heavy (non-hydrogen) atoms. The Morgan fingerprint density at radius 3 is 1.25 bits per heavy atom. The Bertz CT molecular complexity index is 3300. The van der Waals surface area contributed by atoms with Crippen molar-refractivity contribution >= 4 is 195 Å². The van der Waals surface area contributed by atoms with Crippen LogP contribution in [0.15, 0.2) is 95.4 Å². The van der Waals surface area contributed by atoms with Gasteiger partial charge in [0.2, 0.25) is 0 Å². The second-order valence-corrected chi connectivity index (χ2v) is 15.3. The van der Waals surface area contributed by atoms with Gasteiger partial charge in [-0.05, 0) is 64.6 Å². The van der Waals surface area contributed by atoms with Crippen LogP contribution in [0.25, 0.3) is 89.5 Å². The molecule has 0 aliphatic heterocycles. The lowest BCUT2D eigenvalue weighted by Crippen LogP contribution is -2.55. The van der Waals surface area contributed by atoms with Crippen molar-refractivity contribution in [2.45, 2.75) is 6.92 Å². The molecule has 2 heterocycles. The van der Waals surface area contributed by atoms with Crippen LogP contribution in [0.2, 0.25) is 0 Å². The van der Waals surface area contributed by atoms with Gasteiger partial charge in [0.25, 0.3) is 0 Å². The third-order valence-electron chi connectivity index (χ3n) is 11.7. The van der Waals surface area contributed by atoms with E-state index in [4.69, 9.17) is 121 Å². The van der Waals surface area contributed by atoms with Crippen molar-refractivity contribution in [3.63, 3.8) is 0 Å². The molecule has 0 amide bonds. The molecule has 0 unspecified atom stereocenters. The summed E-state index contributed by atoms with van der Waals surface area (Å²) in [6.07, 6.45) is 0. The van der Waals surface area contributed by atoms with E-state index < -0.39 is 0 Å². The monoisotopic (exact) mass is 771 g/mol. The van der Waals surface area contributed by atoms with E-state index in [9.17, 15) is 0 Å². The van der Waals surface area contributed by atoms with Gasteiger partial charge in [-0.25, -0.2) is 15.0 Å². The van der Waals surface area contributed by atoms with Crippen LogP contribution >= 0.6 is 0 Å². The van der Waals surface area contributed by atoms with E-state index in [1.54, 1.807) is 13.0 Å². The lowest BCUT2D eigenvalue weighted by Gasteiger charge is -2.28. The predicted molar refractivity (Wildman–Crippen MR) is 275 cm³/mol. The number of benzene rings is 7. The molecule has 2 aromatic heterocycles. The number of rotatable bonds is 6. The van der Waals surface area contributed by atoms with Gasteiger partial charge in [-0.1, -0.05) is 116 Å². The predicted octanol–water partition coefficient (Wildman–Crippen LogP) is -3.60. The molecular formula is C46H18B13N3O. The van der Waals surface area contributed by atoms with Gasteiger partial charge in [-0.3, -0.25) is 0 Å². The smallest absolute Gasteiger partial charge is 0.164 e. The second-order valence-electron chi connectivity index (χ2n) is 15.3. The highest BCUT2D eigenvalue weighted by Gasteiger charge is 2.24. The zero-order chi connectivity index (χ0) is 44.8. The highest BCUT2D eigenvalue weighted by molar-refractivity contribution is 6.69. The van der Waals surface area contributed by atoms with Gasteiger partial charge in [0.15, 0.2) is 17.5 Å². The van der Waals surface area contributed by atoms with Crippen molar-refractivity contribution in [3.8, 4) is 67.5 Å². The summed E-state index contributed by atoms with van der Waals surface area (Å²) in [5, 5.41) is 1.77. The Morgan fingerprint density at radius 1 is 0.317 bits per heavy atom.